The van der Waals surface area contributed by atoms with Crippen LogP contribution < -0.4 is 0 Å². The summed E-state index contributed by atoms with van der Waals surface area (Å²) in [5.74, 6) is 3.03. The van der Waals surface area contributed by atoms with E-state index in [0.717, 1.165) is 6.46 Å². The van der Waals surface area contributed by atoms with Gasteiger partial charge in [-0.1, -0.05) is 41.3 Å². The van der Waals surface area contributed by atoms with Crippen molar-refractivity contribution in [2.75, 3.05) is 0 Å². The summed E-state index contributed by atoms with van der Waals surface area (Å²) in [7, 11) is -1.34. The molecule has 6 heteroatoms. The van der Waals surface area contributed by atoms with Gasteiger partial charge in [0.2, 0.25) is 3.37 Å². The van der Waals surface area contributed by atoms with Gasteiger partial charge in [0.15, 0.2) is 6.46 Å². The molecule has 0 nitrogen and oxygen atoms in total. The van der Waals surface area contributed by atoms with Crippen molar-refractivity contribution in [2.45, 2.75) is 26.4 Å². The Hall–Kier alpha value is 1.56. The van der Waals surface area contributed by atoms with Gasteiger partial charge >= 0.3 is 0 Å². The van der Waals surface area contributed by atoms with E-state index in [0.29, 0.717) is 0 Å². The summed E-state index contributed by atoms with van der Waals surface area (Å²) in [5.41, 5.74) is 3.37. The van der Waals surface area contributed by atoms with Gasteiger partial charge < -0.3 is 0 Å². The summed E-state index contributed by atoms with van der Waals surface area (Å²) in [6.07, 6.45) is 0. The summed E-state index contributed by atoms with van der Waals surface area (Å²) in [6, 6.07) is 1.20. The second kappa shape index (κ2) is 5.44. The minimum atomic E-state index is -1.64. The third-order valence-corrected chi connectivity index (χ3v) is 16.1. The quantitative estimate of drug-likeness (QED) is 0.299. The first-order chi connectivity index (χ1) is 5.33. The van der Waals surface area contributed by atoms with Crippen LogP contribution in [0.25, 0.3) is 0 Å². The van der Waals surface area contributed by atoms with Crippen LogP contribution in [0.2, 0.25) is 12.6 Å². The maximum atomic E-state index is 6.24. The van der Waals surface area contributed by atoms with E-state index in [4.69, 9.17) is 11.1 Å². The molecule has 2 unspecified atom stereocenters. The third-order valence-electron chi connectivity index (χ3n) is 1.80. The maximum Gasteiger partial charge on any atom is 0.249 e. The summed E-state index contributed by atoms with van der Waals surface area (Å²) in [5, 5.41) is 0. The first kappa shape index (κ1) is 13.6. The van der Waals surface area contributed by atoms with E-state index < -0.39 is 11.3 Å². The van der Waals surface area contributed by atoms with E-state index in [2.05, 4.69) is 62.0 Å². The Morgan fingerprint density at radius 1 is 1.67 bits per heavy atom. The number of hydrogen-bond acceptors (Lipinski definition) is 0. The second-order valence-electron chi connectivity index (χ2n) is 3.08. The molecule has 0 radical (unpaired) electrons. The van der Waals surface area contributed by atoms with Crippen LogP contribution in [0.3, 0.4) is 0 Å². The molecule has 0 bridgehead atoms. The highest BCUT2D eigenvalue weighted by atomic mass is 127. The van der Waals surface area contributed by atoms with Crippen LogP contribution in [0.5, 0.6) is 0 Å². The molecule has 0 saturated heterocycles. The molecular formula is C6H12BBrClISi2. The van der Waals surface area contributed by atoms with Crippen molar-refractivity contribution in [3.05, 3.63) is 0 Å². The summed E-state index contributed by atoms with van der Waals surface area (Å²) < 4.78 is -1.64. The van der Waals surface area contributed by atoms with Gasteiger partial charge in [-0.15, -0.1) is 37.8 Å². The van der Waals surface area contributed by atoms with Gasteiger partial charge in [-0.3, -0.25) is 0 Å². The van der Waals surface area contributed by atoms with Gasteiger partial charge in [0.05, 0.1) is 0 Å². The van der Waals surface area contributed by atoms with Crippen LogP contribution in [0.15, 0.2) is 0 Å². The minimum absolute atomic E-state index is 1.12. The van der Waals surface area contributed by atoms with Crippen molar-refractivity contribution in [3.63, 3.8) is 0 Å². The van der Waals surface area contributed by atoms with Crippen LogP contribution in [0, 0.1) is 11.5 Å². The Kier molecular flexibility index (Phi) is 6.15. The predicted octanol–water partition coefficient (Wildman–Crippen LogP) is 3.08. The number of hydrogen-bond donors (Lipinski definition) is 0. The first-order valence-electron chi connectivity index (χ1n) is 3.83. The lowest BCUT2D eigenvalue weighted by Crippen LogP contribution is -2.45. The Morgan fingerprint density at radius 2 is 2.17 bits per heavy atom. The van der Waals surface area contributed by atoms with Crippen LogP contribution in [0.1, 0.15) is 13.8 Å². The van der Waals surface area contributed by atoms with Gasteiger partial charge in [0.1, 0.15) is 7.94 Å². The molecule has 0 fully saturated rings. The minimum Gasteiger partial charge on any atom is -0.149 e. The molecule has 0 rings (SSSR count). The lowest BCUT2D eigenvalue weighted by atomic mass is 10.7. The van der Waals surface area contributed by atoms with Crippen molar-refractivity contribution in [3.8, 4) is 11.5 Å². The standard InChI is InChI=1S/C6H12BBrClISi2/c1-4-6-11(3,5-2)7-12(8,9)10/h7H,5H2,1-3H3. The largest absolute Gasteiger partial charge is 0.249 e. The summed E-state index contributed by atoms with van der Waals surface area (Å²) in [6.45, 7) is 7.57. The zero-order valence-corrected chi connectivity index (χ0v) is 14.0. The molecular weight excluding hydrogens is 381 g/mol. The lowest BCUT2D eigenvalue weighted by Gasteiger charge is -2.21. The molecule has 0 aromatic rings. The Balaban J connectivity index is 4.42. The van der Waals surface area contributed by atoms with E-state index in [1.165, 1.54) is 6.04 Å². The topological polar surface area (TPSA) is 0 Å². The smallest absolute Gasteiger partial charge is 0.149 e. The fraction of sp³-hybridized carbons (Fsp3) is 0.667. The number of rotatable bonds is 3. The molecule has 0 aromatic carbocycles. The van der Waals surface area contributed by atoms with Crippen LogP contribution >= 0.6 is 48.2 Å². The van der Waals surface area contributed by atoms with Gasteiger partial charge in [-0.05, 0) is 6.92 Å². The zero-order chi connectivity index (χ0) is 9.83. The highest BCUT2D eigenvalue weighted by Crippen LogP contribution is 2.27. The second-order valence-corrected chi connectivity index (χ2v) is 29.1. The molecule has 68 valence electrons. The highest BCUT2D eigenvalue weighted by Gasteiger charge is 2.37. The average molecular weight is 393 g/mol. The fourth-order valence-electron chi connectivity index (χ4n) is 1.00. The van der Waals surface area contributed by atoms with Crippen LogP contribution in [0.4, 0.5) is 0 Å². The van der Waals surface area contributed by atoms with Crippen molar-refractivity contribution < 1.29 is 0 Å². The van der Waals surface area contributed by atoms with Crippen molar-refractivity contribution >= 4 is 65.9 Å². The average Bonchev–Trinajstić information content (AvgIpc) is 1.84. The van der Waals surface area contributed by atoms with Crippen molar-refractivity contribution in [1.29, 1.82) is 0 Å². The Morgan fingerprint density at radius 3 is 2.42 bits per heavy atom. The molecule has 0 spiro atoms. The Labute approximate surface area is 103 Å². The maximum absolute atomic E-state index is 6.24. The lowest BCUT2D eigenvalue weighted by molar-refractivity contribution is 1.42. The van der Waals surface area contributed by atoms with Gasteiger partial charge in [0.25, 0.3) is 0 Å². The first-order valence-corrected chi connectivity index (χ1v) is 15.3. The van der Waals surface area contributed by atoms with Crippen LogP contribution in [-0.4, -0.2) is 17.8 Å². The van der Waals surface area contributed by atoms with Crippen molar-refractivity contribution in [1.82, 2.24) is 0 Å². The molecule has 0 heterocycles. The highest BCUT2D eigenvalue weighted by molar-refractivity contribution is 14.1. The number of halogens is 3. The monoisotopic (exact) mass is 392 g/mol. The normalized spacial score (nSPS) is 19.8. The molecule has 2 atom stereocenters. The third kappa shape index (κ3) is 6.08. The molecule has 0 aliphatic rings. The SMILES string of the molecule is CC#C[Si](C)(B[Si](Cl)(Br)I)CC. The molecule has 0 saturated carbocycles. The van der Waals surface area contributed by atoms with Crippen molar-refractivity contribution in [2.24, 2.45) is 0 Å². The van der Waals surface area contributed by atoms with Crippen LogP contribution in [-0.2, 0) is 0 Å². The summed E-state index contributed by atoms with van der Waals surface area (Å²) >= 11 is 12.2. The molecule has 0 amide bonds. The van der Waals surface area contributed by atoms with E-state index in [-0.39, 0.29) is 0 Å². The van der Waals surface area contributed by atoms with Gasteiger partial charge in [0, 0.05) is 0 Å². The molecule has 0 aromatic heterocycles. The van der Waals surface area contributed by atoms with Gasteiger partial charge in [-0.25, -0.2) is 0 Å². The molecule has 0 aliphatic carbocycles. The van der Waals surface area contributed by atoms with Gasteiger partial charge in [-0.2, -0.15) is 0 Å². The fourth-order valence-corrected chi connectivity index (χ4v) is 22.5. The van der Waals surface area contributed by atoms with E-state index in [1.807, 2.05) is 6.92 Å². The Bertz CT molecular complexity index is 210. The van der Waals surface area contributed by atoms with E-state index >= 15 is 0 Å². The predicted molar refractivity (Wildman–Crippen MR) is 77.3 cm³/mol. The molecule has 12 heavy (non-hydrogen) atoms. The molecule has 0 N–H and O–H groups in total. The van der Waals surface area contributed by atoms with E-state index in [1.54, 1.807) is 0 Å². The zero-order valence-electron chi connectivity index (χ0n) is 7.55. The molecule has 0 aliphatic heterocycles. The summed E-state index contributed by atoms with van der Waals surface area (Å²) in [4.78, 5) is 0. The van der Waals surface area contributed by atoms with E-state index in [9.17, 15) is 0 Å².